The second-order valence-corrected chi connectivity index (χ2v) is 10.4. The second-order valence-electron chi connectivity index (χ2n) is 7.85. The Morgan fingerprint density at radius 2 is 1.88 bits per heavy atom. The lowest BCUT2D eigenvalue weighted by atomic mass is 9.91. The standard InChI is InChI=1S/C23H21Cl3N2O3S/c24-17-6-3-4-15(13-17)12-16-5-1-2-7-19-21(10-11-32(29,30)31)27-28(23(16)19)22-9-8-18(25)14-20(22)26/h3-4,6,8-11,13-14,16H,1-2,5,7,12H2,(H,29,30,31). The van der Waals surface area contributed by atoms with Gasteiger partial charge < -0.3 is 0 Å². The van der Waals surface area contributed by atoms with Gasteiger partial charge in [-0.25, -0.2) is 4.68 Å². The van der Waals surface area contributed by atoms with E-state index in [0.29, 0.717) is 26.4 Å². The largest absolute Gasteiger partial charge is 0.287 e. The molecular weight excluding hydrogens is 491 g/mol. The number of halogens is 3. The molecule has 0 amide bonds. The van der Waals surface area contributed by atoms with Gasteiger partial charge in [0.05, 0.1) is 27.5 Å². The fourth-order valence-electron chi connectivity index (χ4n) is 4.25. The van der Waals surface area contributed by atoms with E-state index in [9.17, 15) is 13.0 Å². The van der Waals surface area contributed by atoms with E-state index < -0.39 is 10.1 Å². The lowest BCUT2D eigenvalue weighted by Gasteiger charge is -2.19. The van der Waals surface area contributed by atoms with Gasteiger partial charge >= 0.3 is 0 Å². The molecule has 0 saturated heterocycles. The van der Waals surface area contributed by atoms with Gasteiger partial charge in [0.25, 0.3) is 10.1 Å². The van der Waals surface area contributed by atoms with Crippen LogP contribution in [0.2, 0.25) is 15.1 Å². The molecule has 168 valence electrons. The van der Waals surface area contributed by atoms with E-state index in [-0.39, 0.29) is 5.92 Å². The zero-order valence-corrected chi connectivity index (χ0v) is 20.1. The molecule has 2 aromatic carbocycles. The first-order valence-corrected chi connectivity index (χ1v) is 12.8. The SMILES string of the molecule is O=S(=O)(O)C=Cc1nn(-c2ccc(Cl)cc2Cl)c2c1CCCCC2Cc1cccc(Cl)c1. The van der Waals surface area contributed by atoms with E-state index in [0.717, 1.165) is 54.3 Å². The van der Waals surface area contributed by atoms with E-state index in [4.69, 9.17) is 39.9 Å². The van der Waals surface area contributed by atoms with Crippen molar-refractivity contribution in [2.75, 3.05) is 0 Å². The van der Waals surface area contributed by atoms with Crippen LogP contribution in [0, 0.1) is 0 Å². The van der Waals surface area contributed by atoms with Gasteiger partial charge in [0.1, 0.15) is 0 Å². The molecule has 32 heavy (non-hydrogen) atoms. The van der Waals surface area contributed by atoms with Crippen molar-refractivity contribution in [2.45, 2.75) is 38.0 Å². The van der Waals surface area contributed by atoms with E-state index >= 15 is 0 Å². The summed E-state index contributed by atoms with van der Waals surface area (Å²) in [6, 6.07) is 13.0. The first-order chi connectivity index (χ1) is 15.2. The fraction of sp³-hybridized carbons (Fsp3) is 0.261. The van der Waals surface area contributed by atoms with Crippen molar-refractivity contribution in [1.29, 1.82) is 0 Å². The van der Waals surface area contributed by atoms with Gasteiger partial charge in [-0.2, -0.15) is 13.5 Å². The first-order valence-electron chi connectivity index (χ1n) is 10.2. The van der Waals surface area contributed by atoms with Crippen LogP contribution in [0.4, 0.5) is 0 Å². The average molecular weight is 512 g/mol. The zero-order valence-electron chi connectivity index (χ0n) is 17.0. The summed E-state index contributed by atoms with van der Waals surface area (Å²) in [5.74, 6) is 0.123. The number of nitrogens with zero attached hydrogens (tertiary/aromatic N) is 2. The number of fused-ring (bicyclic) bond motifs is 1. The molecule has 3 aromatic rings. The molecule has 1 aliphatic carbocycles. The topological polar surface area (TPSA) is 72.2 Å². The number of rotatable bonds is 5. The number of hydrogen-bond acceptors (Lipinski definition) is 3. The third kappa shape index (κ3) is 5.38. The van der Waals surface area contributed by atoms with E-state index in [2.05, 4.69) is 0 Å². The Labute approximate surface area is 202 Å². The van der Waals surface area contributed by atoms with E-state index in [1.807, 2.05) is 24.3 Å². The first kappa shape index (κ1) is 23.3. The van der Waals surface area contributed by atoms with Crippen LogP contribution in [-0.2, 0) is 23.0 Å². The molecular formula is C23H21Cl3N2O3S. The van der Waals surface area contributed by atoms with Gasteiger partial charge in [-0.3, -0.25) is 4.55 Å². The summed E-state index contributed by atoms with van der Waals surface area (Å²) in [5.41, 5.74) is 4.22. The summed E-state index contributed by atoms with van der Waals surface area (Å²) in [4.78, 5) is 0. The number of aromatic nitrogens is 2. The molecule has 1 aliphatic rings. The average Bonchev–Trinajstić information content (AvgIpc) is 2.93. The molecule has 9 heteroatoms. The Kier molecular flexibility index (Phi) is 6.98. The van der Waals surface area contributed by atoms with Crippen LogP contribution in [0.1, 0.15) is 47.7 Å². The van der Waals surface area contributed by atoms with Gasteiger partial charge in [0, 0.05) is 21.5 Å². The van der Waals surface area contributed by atoms with Gasteiger partial charge in [-0.15, -0.1) is 0 Å². The Morgan fingerprint density at radius 3 is 2.59 bits per heavy atom. The minimum Gasteiger partial charge on any atom is -0.282 e. The van der Waals surface area contributed by atoms with Crippen molar-refractivity contribution in [3.63, 3.8) is 0 Å². The maximum absolute atomic E-state index is 11.3. The van der Waals surface area contributed by atoms with Crippen LogP contribution in [0.15, 0.2) is 47.9 Å². The van der Waals surface area contributed by atoms with Crippen molar-refractivity contribution < 1.29 is 13.0 Å². The molecule has 0 radical (unpaired) electrons. The highest BCUT2D eigenvalue weighted by atomic mass is 35.5. The molecule has 0 saturated carbocycles. The normalized spacial score (nSPS) is 16.8. The van der Waals surface area contributed by atoms with Gasteiger partial charge in [-0.1, -0.05) is 53.4 Å². The Hall–Kier alpha value is -1.83. The quantitative estimate of drug-likeness (QED) is 0.304. The third-order valence-electron chi connectivity index (χ3n) is 5.58. The molecule has 1 aromatic heterocycles. The number of benzene rings is 2. The zero-order chi connectivity index (χ0) is 22.9. The van der Waals surface area contributed by atoms with Crippen LogP contribution in [0.5, 0.6) is 0 Å². The van der Waals surface area contributed by atoms with Crippen LogP contribution in [-0.4, -0.2) is 22.8 Å². The molecule has 5 nitrogen and oxygen atoms in total. The Bertz CT molecular complexity index is 1290. The van der Waals surface area contributed by atoms with Crippen LogP contribution in [0.25, 0.3) is 11.8 Å². The molecule has 0 bridgehead atoms. The highest BCUT2D eigenvalue weighted by Crippen LogP contribution is 2.38. The van der Waals surface area contributed by atoms with Crippen LogP contribution in [0.3, 0.4) is 0 Å². The fourth-order valence-corrected chi connectivity index (χ4v) is 5.26. The smallest absolute Gasteiger partial charge is 0.282 e. The minimum absolute atomic E-state index is 0.123. The molecule has 1 N–H and O–H groups in total. The van der Waals surface area contributed by atoms with Crippen molar-refractivity contribution in [3.8, 4) is 5.69 Å². The predicted octanol–water partition coefficient (Wildman–Crippen LogP) is 6.74. The van der Waals surface area contributed by atoms with Gasteiger partial charge in [0.15, 0.2) is 0 Å². The maximum atomic E-state index is 11.3. The lowest BCUT2D eigenvalue weighted by Crippen LogP contribution is -2.11. The van der Waals surface area contributed by atoms with E-state index in [1.165, 1.54) is 6.08 Å². The molecule has 1 heterocycles. The molecule has 0 spiro atoms. The highest BCUT2D eigenvalue weighted by molar-refractivity contribution is 7.88. The molecule has 0 fully saturated rings. The minimum atomic E-state index is -4.28. The highest BCUT2D eigenvalue weighted by Gasteiger charge is 2.28. The molecule has 0 aliphatic heterocycles. The lowest BCUT2D eigenvalue weighted by molar-refractivity contribution is 0.494. The van der Waals surface area contributed by atoms with Crippen LogP contribution >= 0.6 is 34.8 Å². The molecule has 4 rings (SSSR count). The summed E-state index contributed by atoms with van der Waals surface area (Å²) in [6.45, 7) is 0. The molecule has 1 atom stereocenters. The second kappa shape index (κ2) is 9.57. The van der Waals surface area contributed by atoms with Crippen molar-refractivity contribution >= 4 is 51.0 Å². The summed E-state index contributed by atoms with van der Waals surface area (Å²) in [7, 11) is -4.28. The van der Waals surface area contributed by atoms with Crippen LogP contribution < -0.4 is 0 Å². The van der Waals surface area contributed by atoms with Crippen molar-refractivity contribution in [3.05, 3.63) is 85.5 Å². The third-order valence-corrected chi connectivity index (χ3v) is 6.83. The summed E-state index contributed by atoms with van der Waals surface area (Å²) >= 11 is 18.8. The van der Waals surface area contributed by atoms with Crippen molar-refractivity contribution in [2.24, 2.45) is 0 Å². The predicted molar refractivity (Wildman–Crippen MR) is 130 cm³/mol. The Balaban J connectivity index is 1.89. The number of hydrogen-bond donors (Lipinski definition) is 1. The van der Waals surface area contributed by atoms with E-state index in [1.54, 1.807) is 22.9 Å². The van der Waals surface area contributed by atoms with Gasteiger partial charge in [-0.05, 0) is 67.7 Å². The maximum Gasteiger partial charge on any atom is 0.287 e. The summed E-state index contributed by atoms with van der Waals surface area (Å²) in [6.07, 6.45) is 5.76. The molecule has 1 unspecified atom stereocenters. The summed E-state index contributed by atoms with van der Waals surface area (Å²) in [5, 5.41) is 7.11. The monoisotopic (exact) mass is 510 g/mol. The summed E-state index contributed by atoms with van der Waals surface area (Å²) < 4.78 is 33.7. The Morgan fingerprint density at radius 1 is 1.09 bits per heavy atom. The van der Waals surface area contributed by atoms with Crippen molar-refractivity contribution in [1.82, 2.24) is 9.78 Å². The van der Waals surface area contributed by atoms with Gasteiger partial charge in [0.2, 0.25) is 0 Å².